The number of aromatic nitrogens is 1. The fourth-order valence-corrected chi connectivity index (χ4v) is 3.25. The topological polar surface area (TPSA) is 110 Å². The number of carboxylic acid groups (broad SMARTS) is 1. The van der Waals surface area contributed by atoms with Crippen molar-refractivity contribution in [1.29, 1.82) is 0 Å². The smallest absolute Gasteiger partial charge is 0.326 e. The summed E-state index contributed by atoms with van der Waals surface area (Å²) in [6.45, 7) is 8.65. The van der Waals surface area contributed by atoms with E-state index >= 15 is 0 Å². The maximum absolute atomic E-state index is 12.8. The van der Waals surface area contributed by atoms with Crippen molar-refractivity contribution in [1.82, 2.24) is 15.2 Å². The second kappa shape index (κ2) is 9.47. The standard InChI is InChI=1S/C22H29N3O5/c1-12(2)19(22(28)29)24-20(26)14(4)23-21(27)18-11-13(3)25(15(18)5)16-7-9-17(30-6)10-8-16/h7-12,14,19H,1-6H3,(H,23,27)(H,24,26)(H,28,29). The van der Waals surface area contributed by atoms with E-state index in [1.165, 1.54) is 6.92 Å². The quantitative estimate of drug-likeness (QED) is 0.614. The molecule has 0 spiro atoms. The van der Waals surface area contributed by atoms with Gasteiger partial charge in [-0.1, -0.05) is 13.8 Å². The highest BCUT2D eigenvalue weighted by atomic mass is 16.5. The van der Waals surface area contributed by atoms with E-state index in [1.54, 1.807) is 27.0 Å². The molecule has 0 fully saturated rings. The van der Waals surface area contributed by atoms with Crippen LogP contribution in [0.2, 0.25) is 0 Å². The molecule has 162 valence electrons. The van der Waals surface area contributed by atoms with Crippen molar-refractivity contribution in [2.45, 2.75) is 46.7 Å². The van der Waals surface area contributed by atoms with Crippen LogP contribution >= 0.6 is 0 Å². The summed E-state index contributed by atoms with van der Waals surface area (Å²) in [4.78, 5) is 36.4. The molecule has 0 saturated carbocycles. The normalized spacial score (nSPS) is 12.9. The van der Waals surface area contributed by atoms with Gasteiger partial charge in [-0.25, -0.2) is 4.79 Å². The van der Waals surface area contributed by atoms with Crippen molar-refractivity contribution in [2.75, 3.05) is 7.11 Å². The first-order valence-electron chi connectivity index (χ1n) is 9.74. The van der Waals surface area contributed by atoms with Gasteiger partial charge >= 0.3 is 5.97 Å². The van der Waals surface area contributed by atoms with Crippen LogP contribution < -0.4 is 15.4 Å². The van der Waals surface area contributed by atoms with Crippen LogP contribution in [0.3, 0.4) is 0 Å². The summed E-state index contributed by atoms with van der Waals surface area (Å²) < 4.78 is 7.13. The van der Waals surface area contributed by atoms with Gasteiger partial charge in [0.25, 0.3) is 5.91 Å². The molecule has 8 nitrogen and oxygen atoms in total. The number of aryl methyl sites for hydroxylation is 1. The van der Waals surface area contributed by atoms with Gasteiger partial charge < -0.3 is 25.0 Å². The summed E-state index contributed by atoms with van der Waals surface area (Å²) in [7, 11) is 1.60. The number of hydrogen-bond donors (Lipinski definition) is 3. The number of ether oxygens (including phenoxy) is 1. The third kappa shape index (κ3) is 5.00. The Hall–Kier alpha value is -3.29. The molecule has 8 heteroatoms. The average molecular weight is 415 g/mol. The van der Waals surface area contributed by atoms with E-state index in [0.29, 0.717) is 5.56 Å². The molecule has 2 amide bonds. The fourth-order valence-electron chi connectivity index (χ4n) is 3.25. The number of nitrogens with zero attached hydrogens (tertiary/aromatic N) is 1. The van der Waals surface area contributed by atoms with Crippen LogP contribution in [-0.4, -0.2) is 46.7 Å². The lowest BCUT2D eigenvalue weighted by atomic mass is 10.0. The lowest BCUT2D eigenvalue weighted by Crippen LogP contribution is -2.52. The molecule has 0 aliphatic rings. The second-order valence-electron chi connectivity index (χ2n) is 7.58. The average Bonchev–Trinajstić information content (AvgIpc) is 2.99. The number of carbonyl (C=O) groups is 3. The Morgan fingerprint density at radius 3 is 2.13 bits per heavy atom. The molecule has 3 N–H and O–H groups in total. The zero-order valence-electron chi connectivity index (χ0n) is 18.1. The van der Waals surface area contributed by atoms with Gasteiger partial charge in [0.15, 0.2) is 0 Å². The monoisotopic (exact) mass is 415 g/mol. The van der Waals surface area contributed by atoms with E-state index in [2.05, 4.69) is 10.6 Å². The lowest BCUT2D eigenvalue weighted by Gasteiger charge is -2.21. The van der Waals surface area contributed by atoms with Crippen LogP contribution in [-0.2, 0) is 9.59 Å². The van der Waals surface area contributed by atoms with Gasteiger partial charge in [-0.15, -0.1) is 0 Å². The van der Waals surface area contributed by atoms with Gasteiger partial charge in [-0.2, -0.15) is 0 Å². The molecule has 1 heterocycles. The van der Waals surface area contributed by atoms with Crippen LogP contribution in [0.5, 0.6) is 5.75 Å². The van der Waals surface area contributed by atoms with Crippen molar-refractivity contribution in [3.63, 3.8) is 0 Å². The van der Waals surface area contributed by atoms with E-state index in [1.807, 2.05) is 42.7 Å². The molecule has 0 bridgehead atoms. The summed E-state index contributed by atoms with van der Waals surface area (Å²) >= 11 is 0. The van der Waals surface area contributed by atoms with Crippen LogP contribution in [0.4, 0.5) is 0 Å². The Morgan fingerprint density at radius 1 is 1.03 bits per heavy atom. The zero-order valence-corrected chi connectivity index (χ0v) is 18.1. The highest BCUT2D eigenvalue weighted by Gasteiger charge is 2.27. The summed E-state index contributed by atoms with van der Waals surface area (Å²) in [5.74, 6) is -1.60. The summed E-state index contributed by atoms with van der Waals surface area (Å²) in [5.41, 5.74) is 2.93. The van der Waals surface area contributed by atoms with E-state index in [-0.39, 0.29) is 5.92 Å². The predicted octanol–water partition coefficient (Wildman–Crippen LogP) is 2.45. The third-order valence-electron chi connectivity index (χ3n) is 4.98. The fraction of sp³-hybridized carbons (Fsp3) is 0.409. The minimum Gasteiger partial charge on any atom is -0.497 e. The van der Waals surface area contributed by atoms with Crippen molar-refractivity contribution < 1.29 is 24.2 Å². The predicted molar refractivity (Wildman–Crippen MR) is 113 cm³/mol. The maximum Gasteiger partial charge on any atom is 0.326 e. The first kappa shape index (κ1) is 23.0. The lowest BCUT2D eigenvalue weighted by molar-refractivity contribution is -0.143. The Labute approximate surface area is 176 Å². The molecule has 30 heavy (non-hydrogen) atoms. The van der Waals surface area contributed by atoms with Gasteiger partial charge in [-0.05, 0) is 57.0 Å². The molecule has 2 rings (SSSR count). The number of carbonyl (C=O) groups excluding carboxylic acids is 2. The highest BCUT2D eigenvalue weighted by Crippen LogP contribution is 2.23. The Kier molecular flexibility index (Phi) is 7.26. The molecule has 0 aliphatic carbocycles. The molecule has 0 radical (unpaired) electrons. The van der Waals surface area contributed by atoms with E-state index in [0.717, 1.165) is 22.8 Å². The minimum atomic E-state index is -1.11. The summed E-state index contributed by atoms with van der Waals surface area (Å²) in [6, 6.07) is 7.33. The number of aliphatic carboxylic acids is 1. The van der Waals surface area contributed by atoms with Crippen LogP contribution in [0.25, 0.3) is 5.69 Å². The highest BCUT2D eigenvalue weighted by molar-refractivity contribution is 5.99. The van der Waals surface area contributed by atoms with Crippen LogP contribution in [0.15, 0.2) is 30.3 Å². The van der Waals surface area contributed by atoms with Crippen molar-refractivity contribution >= 4 is 17.8 Å². The number of nitrogens with one attached hydrogen (secondary N) is 2. The molecule has 0 saturated heterocycles. The molecule has 2 aromatic rings. The van der Waals surface area contributed by atoms with E-state index in [4.69, 9.17) is 4.74 Å². The van der Waals surface area contributed by atoms with Gasteiger partial charge in [-0.3, -0.25) is 9.59 Å². The van der Waals surface area contributed by atoms with E-state index < -0.39 is 29.9 Å². The number of carboxylic acids is 1. The van der Waals surface area contributed by atoms with Gasteiger partial charge in [0, 0.05) is 17.1 Å². The molecule has 1 aromatic heterocycles. The molecule has 2 atom stereocenters. The van der Waals surface area contributed by atoms with Gasteiger partial charge in [0.05, 0.1) is 12.7 Å². The van der Waals surface area contributed by atoms with E-state index in [9.17, 15) is 19.5 Å². The van der Waals surface area contributed by atoms with Crippen LogP contribution in [0, 0.1) is 19.8 Å². The molecule has 0 aliphatic heterocycles. The second-order valence-corrected chi connectivity index (χ2v) is 7.58. The number of hydrogen-bond acceptors (Lipinski definition) is 4. The number of amides is 2. The summed E-state index contributed by atoms with van der Waals surface area (Å²) in [5, 5.41) is 14.4. The Morgan fingerprint density at radius 2 is 1.63 bits per heavy atom. The number of benzene rings is 1. The molecule has 1 aromatic carbocycles. The van der Waals surface area contributed by atoms with Crippen LogP contribution in [0.1, 0.15) is 42.5 Å². The summed E-state index contributed by atoms with van der Waals surface area (Å²) in [6.07, 6.45) is 0. The molecule has 2 unspecified atom stereocenters. The van der Waals surface area contributed by atoms with Crippen molar-refractivity contribution in [3.8, 4) is 11.4 Å². The SMILES string of the molecule is COc1ccc(-n2c(C)cc(C(=O)NC(C)C(=O)NC(C(=O)O)C(C)C)c2C)cc1. The molecular weight excluding hydrogens is 386 g/mol. The van der Waals surface area contributed by atoms with Crippen molar-refractivity contribution in [2.24, 2.45) is 5.92 Å². The zero-order chi connectivity index (χ0) is 22.6. The maximum atomic E-state index is 12.8. The largest absolute Gasteiger partial charge is 0.497 e. The first-order valence-corrected chi connectivity index (χ1v) is 9.74. The number of methoxy groups -OCH3 is 1. The Balaban J connectivity index is 2.17. The van der Waals surface area contributed by atoms with Gasteiger partial charge in [0.2, 0.25) is 5.91 Å². The van der Waals surface area contributed by atoms with Gasteiger partial charge in [0.1, 0.15) is 17.8 Å². The minimum absolute atomic E-state index is 0.280. The third-order valence-corrected chi connectivity index (χ3v) is 4.98. The molecular formula is C22H29N3O5. The van der Waals surface area contributed by atoms with Crippen molar-refractivity contribution in [3.05, 3.63) is 47.3 Å². The first-order chi connectivity index (χ1) is 14.1. The number of rotatable bonds is 8. The Bertz CT molecular complexity index is 931.